The van der Waals surface area contributed by atoms with Gasteiger partial charge in [0.15, 0.2) is 5.82 Å². The SMILES string of the molecule is Cc1nnc2c(N3CCN(C(=O)/C=C\c4cc(F)ccc4F)CC3)nccn12. The van der Waals surface area contributed by atoms with Crippen molar-refractivity contribution in [2.75, 3.05) is 31.1 Å². The average molecular weight is 384 g/mol. The highest BCUT2D eigenvalue weighted by molar-refractivity contribution is 5.92. The number of aryl methyl sites for hydroxylation is 1. The summed E-state index contributed by atoms with van der Waals surface area (Å²) in [4.78, 5) is 20.5. The number of hydrogen-bond donors (Lipinski definition) is 0. The van der Waals surface area contributed by atoms with Crippen LogP contribution in [0.3, 0.4) is 0 Å². The highest BCUT2D eigenvalue weighted by Gasteiger charge is 2.23. The molecular formula is C19H18F2N6O. The Morgan fingerprint density at radius 2 is 1.93 bits per heavy atom. The molecule has 0 aliphatic carbocycles. The van der Waals surface area contributed by atoms with Crippen molar-refractivity contribution in [3.63, 3.8) is 0 Å². The number of anilines is 1. The second-order valence-electron chi connectivity index (χ2n) is 6.50. The lowest BCUT2D eigenvalue weighted by Crippen LogP contribution is -2.48. The topological polar surface area (TPSA) is 66.6 Å². The molecule has 7 nitrogen and oxygen atoms in total. The number of aromatic nitrogens is 4. The number of hydrogen-bond acceptors (Lipinski definition) is 5. The van der Waals surface area contributed by atoms with Crippen LogP contribution in [0.4, 0.5) is 14.6 Å². The summed E-state index contributed by atoms with van der Waals surface area (Å²) in [6, 6.07) is 3.14. The summed E-state index contributed by atoms with van der Waals surface area (Å²) in [6.07, 6.45) is 6.08. The molecule has 144 valence electrons. The van der Waals surface area contributed by atoms with Crippen LogP contribution in [0.1, 0.15) is 11.4 Å². The Labute approximate surface area is 159 Å². The predicted octanol–water partition coefficient (Wildman–Crippen LogP) is 2.07. The number of carbonyl (C=O) groups excluding carboxylic acids is 1. The molecular weight excluding hydrogens is 366 g/mol. The minimum absolute atomic E-state index is 0.0463. The maximum absolute atomic E-state index is 13.7. The molecule has 3 aromatic rings. The second-order valence-corrected chi connectivity index (χ2v) is 6.50. The Balaban J connectivity index is 1.43. The van der Waals surface area contributed by atoms with Gasteiger partial charge in [-0.3, -0.25) is 9.20 Å². The summed E-state index contributed by atoms with van der Waals surface area (Å²) in [6.45, 7) is 4.03. The zero-order chi connectivity index (χ0) is 19.7. The van der Waals surface area contributed by atoms with Crippen LogP contribution in [-0.2, 0) is 4.79 Å². The summed E-state index contributed by atoms with van der Waals surface area (Å²) < 4.78 is 28.8. The normalized spacial score (nSPS) is 15.0. The second kappa shape index (κ2) is 7.34. The quantitative estimate of drug-likeness (QED) is 0.647. The van der Waals surface area contributed by atoms with E-state index in [0.29, 0.717) is 31.8 Å². The van der Waals surface area contributed by atoms with E-state index < -0.39 is 11.6 Å². The van der Waals surface area contributed by atoms with Gasteiger partial charge >= 0.3 is 0 Å². The number of benzene rings is 1. The maximum Gasteiger partial charge on any atom is 0.246 e. The number of rotatable bonds is 3. The maximum atomic E-state index is 13.7. The molecule has 28 heavy (non-hydrogen) atoms. The van der Waals surface area contributed by atoms with Gasteiger partial charge in [-0.05, 0) is 31.2 Å². The Bertz CT molecular complexity index is 1060. The molecule has 3 heterocycles. The van der Waals surface area contributed by atoms with Crippen molar-refractivity contribution in [2.45, 2.75) is 6.92 Å². The van der Waals surface area contributed by atoms with Gasteiger partial charge in [0.2, 0.25) is 11.6 Å². The van der Waals surface area contributed by atoms with Gasteiger partial charge in [-0.15, -0.1) is 10.2 Å². The van der Waals surface area contributed by atoms with Crippen LogP contribution in [0.25, 0.3) is 11.7 Å². The van der Waals surface area contributed by atoms with Gasteiger partial charge in [0.05, 0.1) is 0 Å². The minimum atomic E-state index is -0.571. The summed E-state index contributed by atoms with van der Waals surface area (Å²) in [7, 11) is 0. The van der Waals surface area contributed by atoms with Crippen molar-refractivity contribution < 1.29 is 13.6 Å². The first-order chi connectivity index (χ1) is 13.5. The van der Waals surface area contributed by atoms with Gasteiger partial charge in [0.1, 0.15) is 17.5 Å². The number of piperazine rings is 1. The van der Waals surface area contributed by atoms with Crippen molar-refractivity contribution in [1.29, 1.82) is 0 Å². The monoisotopic (exact) mass is 384 g/mol. The highest BCUT2D eigenvalue weighted by atomic mass is 19.1. The molecule has 9 heteroatoms. The van der Waals surface area contributed by atoms with E-state index in [1.807, 2.05) is 17.5 Å². The Morgan fingerprint density at radius 3 is 2.71 bits per heavy atom. The van der Waals surface area contributed by atoms with Crippen LogP contribution < -0.4 is 4.90 Å². The zero-order valence-corrected chi connectivity index (χ0v) is 15.2. The van der Waals surface area contributed by atoms with Gasteiger partial charge in [0.25, 0.3) is 0 Å². The molecule has 0 bridgehead atoms. The summed E-state index contributed by atoms with van der Waals surface area (Å²) in [5.74, 6) is 0.146. The molecule has 2 aromatic heterocycles. The largest absolute Gasteiger partial charge is 0.350 e. The highest BCUT2D eigenvalue weighted by Crippen LogP contribution is 2.19. The van der Waals surface area contributed by atoms with Gasteiger partial charge in [-0.1, -0.05) is 0 Å². The van der Waals surface area contributed by atoms with E-state index in [1.165, 1.54) is 12.2 Å². The van der Waals surface area contributed by atoms with E-state index in [1.54, 1.807) is 11.1 Å². The molecule has 0 saturated carbocycles. The molecule has 0 spiro atoms. The molecule has 1 saturated heterocycles. The third-order valence-corrected chi connectivity index (χ3v) is 4.73. The molecule has 1 aliphatic heterocycles. The number of halogens is 2. The smallest absolute Gasteiger partial charge is 0.246 e. The van der Waals surface area contributed by atoms with Crippen molar-refractivity contribution >= 4 is 23.4 Å². The summed E-state index contributed by atoms with van der Waals surface area (Å²) in [5, 5.41) is 8.25. The summed E-state index contributed by atoms with van der Waals surface area (Å²) >= 11 is 0. The molecule has 4 rings (SSSR count). The Hall–Kier alpha value is -3.36. The van der Waals surface area contributed by atoms with E-state index in [-0.39, 0.29) is 11.5 Å². The fraction of sp³-hybridized carbons (Fsp3) is 0.263. The molecule has 1 amide bonds. The van der Waals surface area contributed by atoms with E-state index in [9.17, 15) is 13.6 Å². The van der Waals surface area contributed by atoms with Gasteiger partial charge in [0, 0.05) is 50.2 Å². The third-order valence-electron chi connectivity index (χ3n) is 4.73. The van der Waals surface area contributed by atoms with Crippen molar-refractivity contribution in [1.82, 2.24) is 24.5 Å². The molecule has 0 radical (unpaired) electrons. The number of fused-ring (bicyclic) bond motifs is 1. The standard InChI is InChI=1S/C19H18F2N6O/c1-13-23-24-19-18(22-6-7-27(13)19)26-10-8-25(9-11-26)17(28)5-2-14-12-15(20)3-4-16(14)21/h2-7,12H,8-11H2,1H3/b5-2-. The number of nitrogens with zero attached hydrogens (tertiary/aromatic N) is 6. The van der Waals surface area contributed by atoms with Gasteiger partial charge < -0.3 is 9.80 Å². The average Bonchev–Trinajstić information content (AvgIpc) is 3.10. The van der Waals surface area contributed by atoms with E-state index in [4.69, 9.17) is 0 Å². The zero-order valence-electron chi connectivity index (χ0n) is 15.2. The predicted molar refractivity (Wildman–Crippen MR) is 99.7 cm³/mol. The summed E-state index contributed by atoms with van der Waals surface area (Å²) in [5.41, 5.74) is 0.728. The van der Waals surface area contributed by atoms with Crippen LogP contribution in [0, 0.1) is 18.6 Å². The molecule has 1 aromatic carbocycles. The lowest BCUT2D eigenvalue weighted by molar-refractivity contribution is -0.126. The van der Waals surface area contributed by atoms with E-state index in [0.717, 1.165) is 29.8 Å². The first-order valence-corrected chi connectivity index (χ1v) is 8.86. The number of carbonyl (C=O) groups is 1. The van der Waals surface area contributed by atoms with Crippen LogP contribution in [0.5, 0.6) is 0 Å². The third kappa shape index (κ3) is 3.42. The molecule has 0 N–H and O–H groups in total. The molecule has 0 unspecified atom stereocenters. The molecule has 1 aliphatic rings. The van der Waals surface area contributed by atoms with Gasteiger partial charge in [-0.2, -0.15) is 0 Å². The minimum Gasteiger partial charge on any atom is -0.350 e. The fourth-order valence-electron chi connectivity index (χ4n) is 3.20. The van der Waals surface area contributed by atoms with Crippen LogP contribution in [0.15, 0.2) is 36.7 Å². The van der Waals surface area contributed by atoms with Crippen molar-refractivity contribution in [3.8, 4) is 0 Å². The first kappa shape index (κ1) is 18.0. The fourth-order valence-corrected chi connectivity index (χ4v) is 3.20. The Morgan fingerprint density at radius 1 is 1.14 bits per heavy atom. The molecule has 0 atom stereocenters. The Kier molecular flexibility index (Phi) is 4.72. The first-order valence-electron chi connectivity index (χ1n) is 8.86. The van der Waals surface area contributed by atoms with Crippen LogP contribution >= 0.6 is 0 Å². The van der Waals surface area contributed by atoms with Crippen LogP contribution in [0.2, 0.25) is 0 Å². The van der Waals surface area contributed by atoms with Crippen LogP contribution in [-0.4, -0.2) is 56.6 Å². The molecule has 1 fully saturated rings. The lowest BCUT2D eigenvalue weighted by atomic mass is 10.2. The van der Waals surface area contributed by atoms with E-state index in [2.05, 4.69) is 20.1 Å². The van der Waals surface area contributed by atoms with Crippen molar-refractivity contribution in [2.24, 2.45) is 0 Å². The van der Waals surface area contributed by atoms with E-state index >= 15 is 0 Å². The van der Waals surface area contributed by atoms with Crippen molar-refractivity contribution in [3.05, 3.63) is 59.7 Å². The lowest BCUT2D eigenvalue weighted by Gasteiger charge is -2.34. The van der Waals surface area contributed by atoms with Gasteiger partial charge in [-0.25, -0.2) is 13.8 Å². The number of amides is 1.